The Kier molecular flexibility index (Phi) is 4.01. The van der Waals surface area contributed by atoms with Crippen molar-refractivity contribution in [2.75, 3.05) is 11.9 Å². The molecule has 0 aliphatic carbocycles. The molecular weight excluding hydrogens is 230 g/mol. The first-order valence-corrected chi connectivity index (χ1v) is 6.63. The average molecular weight is 251 g/mol. The molecule has 0 amide bonds. The highest BCUT2D eigenvalue weighted by Gasteiger charge is 2.34. The number of ether oxygens (including phenoxy) is 1. The SMILES string of the molecule is CCC1(CC)CC(Nc2ncc[nH]c2=O)CCO1. The zero-order chi connectivity index (χ0) is 13.0. The van der Waals surface area contributed by atoms with E-state index in [4.69, 9.17) is 4.74 Å². The summed E-state index contributed by atoms with van der Waals surface area (Å²) < 4.78 is 5.92. The fourth-order valence-corrected chi connectivity index (χ4v) is 2.54. The molecule has 1 aromatic heterocycles. The molecule has 18 heavy (non-hydrogen) atoms. The summed E-state index contributed by atoms with van der Waals surface area (Å²) in [4.78, 5) is 18.3. The van der Waals surface area contributed by atoms with Gasteiger partial charge in [0.05, 0.1) is 5.60 Å². The Morgan fingerprint density at radius 1 is 1.56 bits per heavy atom. The topological polar surface area (TPSA) is 67.0 Å². The second-order valence-electron chi connectivity index (χ2n) is 4.84. The molecule has 1 unspecified atom stereocenters. The third-order valence-electron chi connectivity index (χ3n) is 3.83. The maximum Gasteiger partial charge on any atom is 0.290 e. The second kappa shape index (κ2) is 5.52. The van der Waals surface area contributed by atoms with Gasteiger partial charge in [0, 0.05) is 25.0 Å². The number of H-pyrrole nitrogens is 1. The molecule has 2 heterocycles. The van der Waals surface area contributed by atoms with Crippen molar-refractivity contribution in [3.05, 3.63) is 22.7 Å². The molecule has 1 saturated heterocycles. The van der Waals surface area contributed by atoms with Crippen molar-refractivity contribution < 1.29 is 4.74 Å². The van der Waals surface area contributed by atoms with Crippen LogP contribution in [0.5, 0.6) is 0 Å². The average Bonchev–Trinajstić information content (AvgIpc) is 2.41. The molecule has 5 heteroatoms. The van der Waals surface area contributed by atoms with Gasteiger partial charge in [-0.05, 0) is 25.7 Å². The van der Waals surface area contributed by atoms with Crippen LogP contribution >= 0.6 is 0 Å². The Hall–Kier alpha value is -1.36. The Balaban J connectivity index is 2.06. The van der Waals surface area contributed by atoms with Crippen LogP contribution in [0.25, 0.3) is 0 Å². The number of hydrogen-bond acceptors (Lipinski definition) is 4. The Labute approximate surface area is 107 Å². The van der Waals surface area contributed by atoms with Gasteiger partial charge in [-0.2, -0.15) is 0 Å². The fourth-order valence-electron chi connectivity index (χ4n) is 2.54. The Bertz CT molecular complexity index is 440. The van der Waals surface area contributed by atoms with Crippen LogP contribution in [-0.4, -0.2) is 28.2 Å². The van der Waals surface area contributed by atoms with Crippen molar-refractivity contribution in [1.29, 1.82) is 0 Å². The maximum absolute atomic E-state index is 11.6. The van der Waals surface area contributed by atoms with Crippen LogP contribution in [0.3, 0.4) is 0 Å². The molecule has 1 aromatic rings. The van der Waals surface area contributed by atoms with E-state index in [-0.39, 0.29) is 17.2 Å². The third kappa shape index (κ3) is 2.72. The van der Waals surface area contributed by atoms with E-state index in [2.05, 4.69) is 29.1 Å². The summed E-state index contributed by atoms with van der Waals surface area (Å²) in [5.74, 6) is 0.408. The van der Waals surface area contributed by atoms with Gasteiger partial charge in [-0.1, -0.05) is 13.8 Å². The zero-order valence-corrected chi connectivity index (χ0v) is 11.0. The van der Waals surface area contributed by atoms with Crippen LogP contribution < -0.4 is 10.9 Å². The van der Waals surface area contributed by atoms with Gasteiger partial charge in [0.15, 0.2) is 5.82 Å². The smallest absolute Gasteiger partial charge is 0.290 e. The van der Waals surface area contributed by atoms with E-state index in [1.807, 2.05) is 0 Å². The summed E-state index contributed by atoms with van der Waals surface area (Å²) in [6.45, 7) is 5.04. The minimum atomic E-state index is -0.164. The van der Waals surface area contributed by atoms with E-state index >= 15 is 0 Å². The van der Waals surface area contributed by atoms with Crippen molar-refractivity contribution in [2.45, 2.75) is 51.2 Å². The number of anilines is 1. The van der Waals surface area contributed by atoms with Crippen LogP contribution in [0, 0.1) is 0 Å². The normalized spacial score (nSPS) is 22.7. The molecule has 1 atom stereocenters. The highest BCUT2D eigenvalue weighted by Crippen LogP contribution is 2.32. The molecule has 1 aliphatic heterocycles. The Morgan fingerprint density at radius 2 is 2.33 bits per heavy atom. The van der Waals surface area contributed by atoms with Crippen LogP contribution in [0.2, 0.25) is 0 Å². The van der Waals surface area contributed by atoms with Gasteiger partial charge in [-0.15, -0.1) is 0 Å². The lowest BCUT2D eigenvalue weighted by molar-refractivity contribution is -0.0864. The molecule has 2 rings (SSSR count). The van der Waals surface area contributed by atoms with E-state index < -0.39 is 0 Å². The van der Waals surface area contributed by atoms with Crippen molar-refractivity contribution in [3.63, 3.8) is 0 Å². The summed E-state index contributed by atoms with van der Waals surface area (Å²) in [6, 6.07) is 0.259. The molecule has 0 aromatic carbocycles. The molecule has 0 bridgehead atoms. The van der Waals surface area contributed by atoms with E-state index in [9.17, 15) is 4.79 Å². The van der Waals surface area contributed by atoms with E-state index in [0.29, 0.717) is 5.82 Å². The summed E-state index contributed by atoms with van der Waals surface area (Å²) >= 11 is 0. The van der Waals surface area contributed by atoms with Crippen molar-refractivity contribution in [2.24, 2.45) is 0 Å². The molecule has 1 aliphatic rings. The number of nitrogens with one attached hydrogen (secondary N) is 2. The maximum atomic E-state index is 11.6. The van der Waals surface area contributed by atoms with Gasteiger partial charge in [-0.3, -0.25) is 4.79 Å². The fraction of sp³-hybridized carbons (Fsp3) is 0.692. The van der Waals surface area contributed by atoms with Gasteiger partial charge in [-0.25, -0.2) is 4.98 Å². The van der Waals surface area contributed by atoms with Gasteiger partial charge in [0.1, 0.15) is 0 Å². The second-order valence-corrected chi connectivity index (χ2v) is 4.84. The van der Waals surface area contributed by atoms with Gasteiger partial charge >= 0.3 is 0 Å². The van der Waals surface area contributed by atoms with Crippen molar-refractivity contribution >= 4 is 5.82 Å². The first kappa shape index (κ1) is 13.1. The Morgan fingerprint density at radius 3 is 3.00 bits per heavy atom. The van der Waals surface area contributed by atoms with Crippen molar-refractivity contribution in [3.8, 4) is 0 Å². The predicted molar refractivity (Wildman–Crippen MR) is 70.8 cm³/mol. The minimum absolute atomic E-state index is 0.0442. The lowest BCUT2D eigenvalue weighted by Crippen LogP contribution is -2.44. The molecule has 0 spiro atoms. The molecule has 0 radical (unpaired) electrons. The van der Waals surface area contributed by atoms with E-state index in [0.717, 1.165) is 32.3 Å². The predicted octanol–water partition coefficient (Wildman–Crippen LogP) is 1.92. The zero-order valence-electron chi connectivity index (χ0n) is 11.0. The lowest BCUT2D eigenvalue weighted by atomic mass is 9.86. The molecular formula is C13H21N3O2. The monoisotopic (exact) mass is 251 g/mol. The first-order chi connectivity index (χ1) is 8.69. The highest BCUT2D eigenvalue weighted by molar-refractivity contribution is 5.31. The highest BCUT2D eigenvalue weighted by atomic mass is 16.5. The van der Waals surface area contributed by atoms with Gasteiger partial charge in [0.25, 0.3) is 5.56 Å². The summed E-state index contributed by atoms with van der Waals surface area (Å²) in [7, 11) is 0. The molecule has 100 valence electrons. The van der Waals surface area contributed by atoms with Gasteiger partial charge in [0.2, 0.25) is 0 Å². The standard InChI is InChI=1S/C13H21N3O2/c1-3-13(4-2)9-10(5-8-18-13)16-11-12(17)15-7-6-14-11/h6-7,10H,3-5,8-9H2,1-2H3,(H,14,16)(H,15,17). The summed E-state index contributed by atoms with van der Waals surface area (Å²) in [5.41, 5.74) is -0.208. The largest absolute Gasteiger partial charge is 0.375 e. The first-order valence-electron chi connectivity index (χ1n) is 6.63. The number of hydrogen-bond donors (Lipinski definition) is 2. The number of nitrogens with zero attached hydrogens (tertiary/aromatic N) is 1. The quantitative estimate of drug-likeness (QED) is 0.858. The lowest BCUT2D eigenvalue weighted by Gasteiger charge is -2.40. The van der Waals surface area contributed by atoms with Crippen molar-refractivity contribution in [1.82, 2.24) is 9.97 Å². The summed E-state index contributed by atoms with van der Waals surface area (Å²) in [5, 5.41) is 3.24. The third-order valence-corrected chi connectivity index (χ3v) is 3.83. The van der Waals surface area contributed by atoms with E-state index in [1.54, 1.807) is 12.4 Å². The number of rotatable bonds is 4. The van der Waals surface area contributed by atoms with E-state index in [1.165, 1.54) is 0 Å². The molecule has 2 N–H and O–H groups in total. The number of aromatic amines is 1. The van der Waals surface area contributed by atoms with Gasteiger partial charge < -0.3 is 15.0 Å². The van der Waals surface area contributed by atoms with Crippen LogP contribution in [0.4, 0.5) is 5.82 Å². The minimum Gasteiger partial charge on any atom is -0.375 e. The van der Waals surface area contributed by atoms with Crippen LogP contribution in [-0.2, 0) is 4.74 Å². The molecule has 0 saturated carbocycles. The molecule has 5 nitrogen and oxygen atoms in total. The molecule has 1 fully saturated rings. The van der Waals surface area contributed by atoms with Crippen LogP contribution in [0.15, 0.2) is 17.2 Å². The summed E-state index contributed by atoms with van der Waals surface area (Å²) in [6.07, 6.45) is 6.98. The van der Waals surface area contributed by atoms with Crippen LogP contribution in [0.1, 0.15) is 39.5 Å². The number of aromatic nitrogens is 2.